The first-order chi connectivity index (χ1) is 5.78. The van der Waals surface area contributed by atoms with Crippen molar-refractivity contribution in [2.75, 3.05) is 0 Å². The Balaban J connectivity index is 4.36. The summed E-state index contributed by atoms with van der Waals surface area (Å²) in [5, 5.41) is 8.83. The van der Waals surface area contributed by atoms with Gasteiger partial charge in [-0.3, -0.25) is 0 Å². The molecule has 0 aromatic rings. The Morgan fingerprint density at radius 2 is 2.00 bits per heavy atom. The van der Waals surface area contributed by atoms with Crippen LogP contribution in [0.2, 0.25) is 0 Å². The molecule has 4 heteroatoms. The van der Waals surface area contributed by atoms with E-state index in [1.54, 1.807) is 0 Å². The molecule has 0 spiro atoms. The predicted molar refractivity (Wildman–Crippen MR) is 50.5 cm³/mol. The normalized spacial score (nSPS) is 16.7. The fourth-order valence-electron chi connectivity index (χ4n) is 0.916. The van der Waals surface area contributed by atoms with Gasteiger partial charge >= 0.3 is 5.97 Å². The summed E-state index contributed by atoms with van der Waals surface area (Å²) in [6.45, 7) is 7.27. The second-order valence-corrected chi connectivity index (χ2v) is 4.06. The van der Waals surface area contributed by atoms with Crippen LogP contribution in [0.25, 0.3) is 0 Å². The van der Waals surface area contributed by atoms with E-state index in [9.17, 15) is 4.79 Å². The topological polar surface area (TPSA) is 72.5 Å². The van der Waals surface area contributed by atoms with Gasteiger partial charge in [-0.15, -0.1) is 0 Å². The molecule has 0 saturated carbocycles. The van der Waals surface area contributed by atoms with Crippen molar-refractivity contribution in [2.24, 2.45) is 5.73 Å². The fourth-order valence-corrected chi connectivity index (χ4v) is 0.916. The molecule has 0 aliphatic rings. The van der Waals surface area contributed by atoms with Gasteiger partial charge < -0.3 is 15.6 Å². The molecule has 0 rings (SSSR count). The van der Waals surface area contributed by atoms with E-state index in [0.717, 1.165) is 0 Å². The summed E-state index contributed by atoms with van der Waals surface area (Å²) in [6, 6.07) is -0.447. The molecule has 0 amide bonds. The maximum Gasteiger partial charge on any atom is 0.334 e. The van der Waals surface area contributed by atoms with Crippen LogP contribution in [0, 0.1) is 0 Å². The Morgan fingerprint density at radius 3 is 2.23 bits per heavy atom. The number of rotatable bonds is 4. The maximum absolute atomic E-state index is 10.8. The van der Waals surface area contributed by atoms with Gasteiger partial charge in [-0.1, -0.05) is 6.92 Å². The summed E-state index contributed by atoms with van der Waals surface area (Å²) in [5.41, 5.74) is 5.14. The van der Waals surface area contributed by atoms with Crippen LogP contribution < -0.4 is 5.73 Å². The highest BCUT2D eigenvalue weighted by Crippen LogP contribution is 2.13. The van der Waals surface area contributed by atoms with Crippen molar-refractivity contribution in [2.45, 2.75) is 51.9 Å². The van der Waals surface area contributed by atoms with E-state index >= 15 is 0 Å². The van der Waals surface area contributed by atoms with E-state index in [0.29, 0.717) is 6.42 Å². The van der Waals surface area contributed by atoms with Crippen LogP contribution in [0.5, 0.6) is 0 Å². The molecule has 2 unspecified atom stereocenters. The lowest BCUT2D eigenvalue weighted by Gasteiger charge is -2.28. The molecule has 0 aliphatic carbocycles. The minimum absolute atomic E-state index is 0.447. The summed E-state index contributed by atoms with van der Waals surface area (Å²) in [7, 11) is 0. The van der Waals surface area contributed by atoms with Crippen LogP contribution in [0.3, 0.4) is 0 Å². The number of carbonyl (C=O) groups is 1. The molecular weight excluding hydrogens is 170 g/mol. The van der Waals surface area contributed by atoms with Crippen molar-refractivity contribution in [3.63, 3.8) is 0 Å². The summed E-state index contributed by atoms with van der Waals surface area (Å²) in [6.07, 6.45) is -0.322. The zero-order valence-corrected chi connectivity index (χ0v) is 8.70. The van der Waals surface area contributed by atoms with Crippen LogP contribution in [0.1, 0.15) is 34.1 Å². The number of carboxylic acids is 1. The van der Waals surface area contributed by atoms with Gasteiger partial charge in [0.15, 0.2) is 6.10 Å². The molecule has 0 aromatic carbocycles. The van der Waals surface area contributed by atoms with Gasteiger partial charge in [0.2, 0.25) is 0 Å². The molecule has 0 bridgehead atoms. The Bertz CT molecular complexity index is 174. The molecule has 78 valence electrons. The Kier molecular flexibility index (Phi) is 4.36. The maximum atomic E-state index is 10.8. The molecule has 0 fully saturated rings. The van der Waals surface area contributed by atoms with Crippen LogP contribution >= 0.6 is 0 Å². The summed E-state index contributed by atoms with van der Waals surface area (Å²) < 4.78 is 5.33. The zero-order chi connectivity index (χ0) is 10.6. The Hall–Kier alpha value is -0.610. The van der Waals surface area contributed by atoms with Crippen molar-refractivity contribution in [3.8, 4) is 0 Å². The molecule has 3 N–H and O–H groups in total. The number of carboxylic acid groups (broad SMARTS) is 1. The molecule has 13 heavy (non-hydrogen) atoms. The number of hydrogen-bond donors (Lipinski definition) is 2. The minimum Gasteiger partial charge on any atom is -0.479 e. The van der Waals surface area contributed by atoms with E-state index in [4.69, 9.17) is 15.6 Å². The number of nitrogens with two attached hydrogens (primary N) is 1. The first-order valence-electron chi connectivity index (χ1n) is 4.44. The highest BCUT2D eigenvalue weighted by Gasteiger charge is 2.29. The van der Waals surface area contributed by atoms with Gasteiger partial charge in [0.05, 0.1) is 5.60 Å². The highest BCUT2D eigenvalue weighted by molar-refractivity contribution is 5.73. The van der Waals surface area contributed by atoms with Gasteiger partial charge in [0, 0.05) is 6.04 Å². The third kappa shape index (κ3) is 4.85. The van der Waals surface area contributed by atoms with Gasteiger partial charge in [-0.25, -0.2) is 4.79 Å². The lowest BCUT2D eigenvalue weighted by Crippen LogP contribution is -2.45. The molecule has 0 aliphatic heterocycles. The summed E-state index contributed by atoms with van der Waals surface area (Å²) >= 11 is 0. The summed E-state index contributed by atoms with van der Waals surface area (Å²) in [5.74, 6) is -0.996. The monoisotopic (exact) mass is 189 g/mol. The van der Waals surface area contributed by atoms with Gasteiger partial charge in [0.1, 0.15) is 0 Å². The van der Waals surface area contributed by atoms with Gasteiger partial charge in [-0.05, 0) is 27.2 Å². The van der Waals surface area contributed by atoms with E-state index in [1.165, 1.54) is 0 Å². The average molecular weight is 189 g/mol. The largest absolute Gasteiger partial charge is 0.479 e. The molecular formula is C9H19NO3. The average Bonchev–Trinajstić information content (AvgIpc) is 1.96. The van der Waals surface area contributed by atoms with Crippen LogP contribution in [-0.4, -0.2) is 28.8 Å². The lowest BCUT2D eigenvalue weighted by atomic mass is 10.1. The minimum atomic E-state index is -0.996. The number of hydrogen-bond acceptors (Lipinski definition) is 3. The lowest BCUT2D eigenvalue weighted by molar-refractivity contribution is -0.162. The number of ether oxygens (including phenoxy) is 1. The van der Waals surface area contributed by atoms with Gasteiger partial charge in [0.25, 0.3) is 0 Å². The molecule has 0 radical (unpaired) electrons. The van der Waals surface area contributed by atoms with E-state index in [1.807, 2.05) is 27.7 Å². The Labute approximate surface area is 79.1 Å². The second-order valence-electron chi connectivity index (χ2n) is 4.06. The Morgan fingerprint density at radius 1 is 1.54 bits per heavy atom. The second kappa shape index (κ2) is 4.58. The van der Waals surface area contributed by atoms with E-state index < -0.39 is 23.7 Å². The van der Waals surface area contributed by atoms with E-state index in [-0.39, 0.29) is 0 Å². The smallest absolute Gasteiger partial charge is 0.334 e. The highest BCUT2D eigenvalue weighted by atomic mass is 16.5. The molecule has 0 aromatic heterocycles. The first-order valence-corrected chi connectivity index (χ1v) is 4.44. The molecule has 2 atom stereocenters. The third-order valence-corrected chi connectivity index (χ3v) is 1.58. The zero-order valence-electron chi connectivity index (χ0n) is 8.70. The van der Waals surface area contributed by atoms with Crippen molar-refractivity contribution in [3.05, 3.63) is 0 Å². The summed E-state index contributed by atoms with van der Waals surface area (Å²) in [4.78, 5) is 10.8. The predicted octanol–water partition coefficient (Wildman–Crippen LogP) is 0.992. The van der Waals surface area contributed by atoms with Crippen LogP contribution in [-0.2, 0) is 9.53 Å². The number of aliphatic carboxylic acids is 1. The van der Waals surface area contributed by atoms with Crippen molar-refractivity contribution < 1.29 is 14.6 Å². The van der Waals surface area contributed by atoms with Crippen molar-refractivity contribution in [1.82, 2.24) is 0 Å². The van der Waals surface area contributed by atoms with Crippen LogP contribution in [0.4, 0.5) is 0 Å². The van der Waals surface area contributed by atoms with Crippen LogP contribution in [0.15, 0.2) is 0 Å². The molecule has 0 heterocycles. The quantitative estimate of drug-likeness (QED) is 0.691. The first kappa shape index (κ1) is 12.4. The molecule has 0 saturated heterocycles. The van der Waals surface area contributed by atoms with Crippen molar-refractivity contribution >= 4 is 5.97 Å². The van der Waals surface area contributed by atoms with Gasteiger partial charge in [-0.2, -0.15) is 0 Å². The standard InChI is InChI=1S/C9H19NO3/c1-5-6(10)7(8(11)12)13-9(2,3)4/h6-7H,5,10H2,1-4H3,(H,11,12). The van der Waals surface area contributed by atoms with E-state index in [2.05, 4.69) is 0 Å². The van der Waals surface area contributed by atoms with Crippen molar-refractivity contribution in [1.29, 1.82) is 0 Å². The third-order valence-electron chi connectivity index (χ3n) is 1.58. The fraction of sp³-hybridized carbons (Fsp3) is 0.889. The SMILES string of the molecule is CCC(N)C(OC(C)(C)C)C(=O)O. The molecule has 4 nitrogen and oxygen atoms in total.